The Morgan fingerprint density at radius 2 is 1.83 bits per heavy atom. The summed E-state index contributed by atoms with van der Waals surface area (Å²) in [4.78, 5) is 25.1. The Kier molecular flexibility index (Phi) is 5.40. The zero-order chi connectivity index (χ0) is 17.7. The van der Waals surface area contributed by atoms with Gasteiger partial charge in [0.2, 0.25) is 0 Å². The molecule has 0 bridgehead atoms. The molecular formula is C16H15F3N2O3. The average molecular weight is 340 g/mol. The predicted molar refractivity (Wildman–Crippen MR) is 80.4 cm³/mol. The van der Waals surface area contributed by atoms with Crippen LogP contribution >= 0.6 is 0 Å². The van der Waals surface area contributed by atoms with Crippen molar-refractivity contribution in [1.29, 1.82) is 0 Å². The standard InChI is InChI=1S/C16H15F3N2O3/c17-16(18,19)13-7-6-11(15(24)21-13)14(23)20-9-8-12(22)10-4-2-1-3-5-10/h1-7,12,22H,8-9H2,(H,20,23)(H,21,24). The molecule has 5 nitrogen and oxygen atoms in total. The van der Waals surface area contributed by atoms with Crippen LogP contribution in [0.5, 0.6) is 0 Å². The molecule has 1 heterocycles. The summed E-state index contributed by atoms with van der Waals surface area (Å²) in [6.07, 6.45) is -5.28. The molecule has 0 aliphatic heterocycles. The monoisotopic (exact) mass is 340 g/mol. The first-order valence-corrected chi connectivity index (χ1v) is 7.11. The molecule has 2 rings (SSSR count). The molecule has 128 valence electrons. The largest absolute Gasteiger partial charge is 0.431 e. The molecule has 1 amide bonds. The van der Waals surface area contributed by atoms with Gasteiger partial charge in [-0.05, 0) is 24.1 Å². The van der Waals surface area contributed by atoms with Crippen molar-refractivity contribution >= 4 is 5.91 Å². The number of benzene rings is 1. The van der Waals surface area contributed by atoms with E-state index in [0.717, 1.165) is 6.07 Å². The van der Waals surface area contributed by atoms with Gasteiger partial charge >= 0.3 is 6.18 Å². The predicted octanol–water partition coefficient (Wildman–Crippen LogP) is 2.25. The van der Waals surface area contributed by atoms with E-state index in [-0.39, 0.29) is 13.0 Å². The summed E-state index contributed by atoms with van der Waals surface area (Å²) in [5, 5.41) is 12.3. The highest BCUT2D eigenvalue weighted by Crippen LogP contribution is 2.26. The molecule has 0 saturated heterocycles. The van der Waals surface area contributed by atoms with E-state index in [2.05, 4.69) is 5.32 Å². The van der Waals surface area contributed by atoms with E-state index in [4.69, 9.17) is 0 Å². The Balaban J connectivity index is 1.95. The second kappa shape index (κ2) is 7.31. The third kappa shape index (κ3) is 4.45. The van der Waals surface area contributed by atoms with E-state index in [1.165, 1.54) is 0 Å². The van der Waals surface area contributed by atoms with Crippen LogP contribution in [0, 0.1) is 0 Å². The number of hydrogen-bond donors (Lipinski definition) is 3. The minimum absolute atomic E-state index is 0.0648. The van der Waals surface area contributed by atoms with Crippen LogP contribution in [0.1, 0.15) is 34.1 Å². The molecule has 3 N–H and O–H groups in total. The van der Waals surface area contributed by atoms with Gasteiger partial charge in [-0.1, -0.05) is 30.3 Å². The Labute approximate surface area is 135 Å². The Bertz CT molecular complexity index is 757. The first kappa shape index (κ1) is 17.7. The number of hydrogen-bond acceptors (Lipinski definition) is 3. The zero-order valence-corrected chi connectivity index (χ0v) is 12.4. The minimum Gasteiger partial charge on any atom is -0.388 e. The number of carbonyl (C=O) groups is 1. The van der Waals surface area contributed by atoms with Gasteiger partial charge in [-0.15, -0.1) is 0 Å². The molecular weight excluding hydrogens is 325 g/mol. The summed E-state index contributed by atoms with van der Waals surface area (Å²) in [6.45, 7) is 0.0648. The van der Waals surface area contributed by atoms with Gasteiger partial charge in [-0.2, -0.15) is 13.2 Å². The number of aromatic nitrogens is 1. The fourth-order valence-electron chi connectivity index (χ4n) is 2.08. The molecule has 1 atom stereocenters. The van der Waals surface area contributed by atoms with Crippen LogP contribution in [0.15, 0.2) is 47.3 Å². The first-order chi connectivity index (χ1) is 11.3. The third-order valence-corrected chi connectivity index (χ3v) is 3.35. The summed E-state index contributed by atoms with van der Waals surface area (Å²) < 4.78 is 37.4. The highest BCUT2D eigenvalue weighted by molar-refractivity contribution is 5.93. The Hall–Kier alpha value is -2.61. The van der Waals surface area contributed by atoms with Crippen molar-refractivity contribution in [3.05, 3.63) is 69.6 Å². The zero-order valence-electron chi connectivity index (χ0n) is 12.4. The third-order valence-electron chi connectivity index (χ3n) is 3.35. The number of amides is 1. The number of aromatic amines is 1. The van der Waals surface area contributed by atoms with Crippen molar-refractivity contribution < 1.29 is 23.1 Å². The van der Waals surface area contributed by atoms with Gasteiger partial charge < -0.3 is 15.4 Å². The highest BCUT2D eigenvalue weighted by atomic mass is 19.4. The van der Waals surface area contributed by atoms with E-state index in [0.29, 0.717) is 11.6 Å². The highest BCUT2D eigenvalue weighted by Gasteiger charge is 2.32. The van der Waals surface area contributed by atoms with Crippen LogP contribution in [0.4, 0.5) is 13.2 Å². The van der Waals surface area contributed by atoms with Crippen molar-refractivity contribution in [2.75, 3.05) is 6.54 Å². The number of nitrogens with one attached hydrogen (secondary N) is 2. The number of H-pyrrole nitrogens is 1. The molecule has 2 aromatic rings. The summed E-state index contributed by atoms with van der Waals surface area (Å²) in [7, 11) is 0. The molecule has 1 unspecified atom stereocenters. The molecule has 1 aromatic carbocycles. The molecule has 0 spiro atoms. The summed E-state index contributed by atoms with van der Waals surface area (Å²) >= 11 is 0. The van der Waals surface area contributed by atoms with Crippen molar-refractivity contribution in [1.82, 2.24) is 10.3 Å². The van der Waals surface area contributed by atoms with Crippen LogP contribution in [0.2, 0.25) is 0 Å². The number of aliphatic hydroxyl groups excluding tert-OH is 1. The summed E-state index contributed by atoms with van der Waals surface area (Å²) in [5.41, 5.74) is -2.08. The van der Waals surface area contributed by atoms with Crippen molar-refractivity contribution in [3.8, 4) is 0 Å². The van der Waals surface area contributed by atoms with Crippen LogP contribution in [0.3, 0.4) is 0 Å². The number of aliphatic hydroxyl groups is 1. The minimum atomic E-state index is -4.69. The van der Waals surface area contributed by atoms with Gasteiger partial charge in [0.1, 0.15) is 11.3 Å². The molecule has 24 heavy (non-hydrogen) atoms. The second-order valence-corrected chi connectivity index (χ2v) is 5.08. The number of rotatable bonds is 5. The molecule has 0 radical (unpaired) electrons. The second-order valence-electron chi connectivity index (χ2n) is 5.08. The molecule has 1 aromatic heterocycles. The van der Waals surface area contributed by atoms with Crippen molar-refractivity contribution in [2.24, 2.45) is 0 Å². The fraction of sp³-hybridized carbons (Fsp3) is 0.250. The van der Waals surface area contributed by atoms with Gasteiger partial charge in [0.25, 0.3) is 11.5 Å². The van der Waals surface area contributed by atoms with E-state index < -0.39 is 35.0 Å². The van der Waals surface area contributed by atoms with E-state index in [1.54, 1.807) is 35.3 Å². The Morgan fingerprint density at radius 3 is 2.42 bits per heavy atom. The molecule has 0 fully saturated rings. The normalized spacial score (nSPS) is 12.7. The van der Waals surface area contributed by atoms with Crippen LogP contribution < -0.4 is 10.9 Å². The maximum Gasteiger partial charge on any atom is 0.431 e. The van der Waals surface area contributed by atoms with E-state index in [1.807, 2.05) is 0 Å². The average Bonchev–Trinajstić information content (AvgIpc) is 2.54. The first-order valence-electron chi connectivity index (χ1n) is 7.11. The number of alkyl halides is 3. The van der Waals surface area contributed by atoms with Gasteiger partial charge in [-0.25, -0.2) is 0 Å². The van der Waals surface area contributed by atoms with Crippen LogP contribution in [0.25, 0.3) is 0 Å². The number of carbonyl (C=O) groups excluding carboxylic acids is 1. The van der Waals surface area contributed by atoms with E-state index >= 15 is 0 Å². The van der Waals surface area contributed by atoms with Crippen molar-refractivity contribution in [3.63, 3.8) is 0 Å². The lowest BCUT2D eigenvalue weighted by Gasteiger charge is -2.12. The fourth-order valence-corrected chi connectivity index (χ4v) is 2.08. The van der Waals surface area contributed by atoms with E-state index in [9.17, 15) is 27.9 Å². The maximum absolute atomic E-state index is 12.5. The van der Waals surface area contributed by atoms with Gasteiger partial charge in [0, 0.05) is 6.54 Å². The molecule has 0 aliphatic rings. The Morgan fingerprint density at radius 1 is 1.17 bits per heavy atom. The smallest absolute Gasteiger partial charge is 0.388 e. The lowest BCUT2D eigenvalue weighted by atomic mass is 10.1. The van der Waals surface area contributed by atoms with Gasteiger partial charge in [0.05, 0.1) is 6.10 Å². The topological polar surface area (TPSA) is 82.2 Å². The molecule has 0 saturated carbocycles. The lowest BCUT2D eigenvalue weighted by Crippen LogP contribution is -2.31. The lowest BCUT2D eigenvalue weighted by molar-refractivity contribution is -0.141. The summed E-state index contributed by atoms with van der Waals surface area (Å²) in [6, 6.07) is 10.2. The summed E-state index contributed by atoms with van der Waals surface area (Å²) in [5.74, 6) is -0.801. The van der Waals surface area contributed by atoms with Gasteiger partial charge in [0.15, 0.2) is 0 Å². The van der Waals surface area contributed by atoms with Crippen LogP contribution in [-0.4, -0.2) is 22.5 Å². The maximum atomic E-state index is 12.5. The van der Waals surface area contributed by atoms with Crippen molar-refractivity contribution in [2.45, 2.75) is 18.7 Å². The quantitative estimate of drug-likeness (QED) is 0.781. The van der Waals surface area contributed by atoms with Gasteiger partial charge in [-0.3, -0.25) is 9.59 Å². The SMILES string of the molecule is O=C(NCCC(O)c1ccccc1)c1ccc(C(F)(F)F)[nH]c1=O. The number of halogens is 3. The molecule has 0 aliphatic carbocycles. The number of pyridine rings is 1. The molecule has 8 heteroatoms. The van der Waals surface area contributed by atoms with Crippen LogP contribution in [-0.2, 0) is 6.18 Å².